The highest BCUT2D eigenvalue weighted by Crippen LogP contribution is 2.35. The third kappa shape index (κ3) is 3.02. The number of ether oxygens (including phenoxy) is 1. The lowest BCUT2D eigenvalue weighted by Crippen LogP contribution is -2.33. The Balaban J connectivity index is 1.77. The Morgan fingerprint density at radius 1 is 1.32 bits per heavy atom. The van der Waals surface area contributed by atoms with E-state index >= 15 is 0 Å². The van der Waals surface area contributed by atoms with Crippen LogP contribution in [0.15, 0.2) is 30.6 Å². The first kappa shape index (κ1) is 15.8. The molecule has 0 bridgehead atoms. The van der Waals surface area contributed by atoms with Gasteiger partial charge in [0.25, 0.3) is 0 Å². The largest absolute Gasteiger partial charge is 0.480 e. The van der Waals surface area contributed by atoms with Crippen LogP contribution in [-0.2, 0) is 0 Å². The van der Waals surface area contributed by atoms with E-state index in [0.717, 1.165) is 40.8 Å². The maximum absolute atomic E-state index is 9.81. The van der Waals surface area contributed by atoms with Gasteiger partial charge in [-0.25, -0.2) is 9.97 Å². The fourth-order valence-corrected chi connectivity index (χ4v) is 3.12. The molecule has 1 fully saturated rings. The quantitative estimate of drug-likeness (QED) is 0.717. The summed E-state index contributed by atoms with van der Waals surface area (Å²) in [6.07, 6.45) is 5.36. The molecule has 0 aromatic carbocycles. The van der Waals surface area contributed by atoms with Crippen LogP contribution in [0.4, 0.5) is 5.82 Å². The molecule has 1 atom stereocenters. The second-order valence-corrected chi connectivity index (χ2v) is 6.45. The van der Waals surface area contributed by atoms with Gasteiger partial charge < -0.3 is 14.7 Å². The number of methoxy groups -OCH3 is 1. The number of aliphatic hydroxyl groups is 1. The van der Waals surface area contributed by atoms with Crippen molar-refractivity contribution in [3.8, 4) is 17.1 Å². The molecule has 3 heterocycles. The third-order valence-corrected chi connectivity index (χ3v) is 4.40. The van der Waals surface area contributed by atoms with Gasteiger partial charge in [-0.15, -0.1) is 0 Å². The Hall–Kier alpha value is -2.67. The van der Waals surface area contributed by atoms with Crippen LogP contribution in [-0.4, -0.2) is 51.1 Å². The third-order valence-electron chi connectivity index (χ3n) is 4.40. The highest BCUT2D eigenvalue weighted by molar-refractivity contribution is 5.96. The summed E-state index contributed by atoms with van der Waals surface area (Å²) in [5, 5.41) is 18.2. The number of aromatic amines is 1. The smallest absolute Gasteiger partial charge is 0.224 e. The van der Waals surface area contributed by atoms with Crippen LogP contribution in [0.25, 0.3) is 22.2 Å². The molecular weight excluding hydrogens is 318 g/mol. The van der Waals surface area contributed by atoms with Gasteiger partial charge in [0, 0.05) is 30.5 Å². The fraction of sp³-hybridized carbons (Fsp3) is 0.389. The first-order valence-electron chi connectivity index (χ1n) is 8.45. The Morgan fingerprint density at radius 3 is 2.84 bits per heavy atom. The second kappa shape index (κ2) is 6.33. The summed E-state index contributed by atoms with van der Waals surface area (Å²) in [5.41, 5.74) is 2.61. The molecule has 130 valence electrons. The van der Waals surface area contributed by atoms with Crippen molar-refractivity contribution < 1.29 is 9.84 Å². The number of aliphatic hydroxyl groups excluding tert-OH is 1. The van der Waals surface area contributed by atoms with Crippen molar-refractivity contribution in [1.82, 2.24) is 20.2 Å². The van der Waals surface area contributed by atoms with Crippen LogP contribution in [0.2, 0.25) is 0 Å². The minimum Gasteiger partial charge on any atom is -0.480 e. The molecule has 1 aliphatic carbocycles. The zero-order valence-electron chi connectivity index (χ0n) is 14.3. The predicted molar refractivity (Wildman–Crippen MR) is 95.7 cm³/mol. The number of rotatable bonds is 6. The Labute approximate surface area is 145 Å². The average Bonchev–Trinajstić information content (AvgIpc) is 3.37. The van der Waals surface area contributed by atoms with E-state index < -0.39 is 6.10 Å². The van der Waals surface area contributed by atoms with Gasteiger partial charge in [-0.3, -0.25) is 5.10 Å². The van der Waals surface area contributed by atoms with Crippen molar-refractivity contribution in [1.29, 1.82) is 0 Å². The number of nitrogens with zero attached hydrogens (tertiary/aromatic N) is 4. The van der Waals surface area contributed by atoms with Gasteiger partial charge in [-0.05, 0) is 38.0 Å². The monoisotopic (exact) mass is 339 g/mol. The summed E-state index contributed by atoms with van der Waals surface area (Å²) in [4.78, 5) is 11.0. The standard InChI is InChI=1S/C18H21N5O2/c1-11(24)10-23(13-3-4-13)15-9-12(5-7-19-15)17-16-14(21-22-17)6-8-20-18(16)25-2/h5-9,11,13,24H,3-4,10H2,1-2H3,(H,21,22). The van der Waals surface area contributed by atoms with Crippen molar-refractivity contribution in [2.24, 2.45) is 0 Å². The Bertz CT molecular complexity index is 888. The van der Waals surface area contributed by atoms with Crippen LogP contribution in [0.1, 0.15) is 19.8 Å². The highest BCUT2D eigenvalue weighted by Gasteiger charge is 2.31. The number of fused-ring (bicyclic) bond motifs is 1. The Kier molecular flexibility index (Phi) is 4.01. The van der Waals surface area contributed by atoms with Crippen LogP contribution < -0.4 is 9.64 Å². The number of nitrogens with one attached hydrogen (secondary N) is 1. The van der Waals surface area contributed by atoms with Gasteiger partial charge >= 0.3 is 0 Å². The molecular formula is C18H21N5O2. The number of aromatic nitrogens is 4. The molecule has 2 N–H and O–H groups in total. The summed E-state index contributed by atoms with van der Waals surface area (Å²) in [5.74, 6) is 1.41. The Morgan fingerprint density at radius 2 is 2.12 bits per heavy atom. The van der Waals surface area contributed by atoms with Gasteiger partial charge in [-0.2, -0.15) is 5.10 Å². The van der Waals surface area contributed by atoms with E-state index in [9.17, 15) is 5.11 Å². The number of anilines is 1. The van der Waals surface area contributed by atoms with Crippen LogP contribution in [0, 0.1) is 0 Å². The number of pyridine rings is 2. The van der Waals surface area contributed by atoms with E-state index in [1.165, 1.54) is 0 Å². The van der Waals surface area contributed by atoms with E-state index in [4.69, 9.17) is 4.74 Å². The number of H-pyrrole nitrogens is 1. The van der Waals surface area contributed by atoms with Gasteiger partial charge in [0.2, 0.25) is 5.88 Å². The molecule has 1 unspecified atom stereocenters. The fourth-order valence-electron chi connectivity index (χ4n) is 3.12. The molecule has 25 heavy (non-hydrogen) atoms. The van der Waals surface area contributed by atoms with Gasteiger partial charge in [0.15, 0.2) is 0 Å². The first-order valence-corrected chi connectivity index (χ1v) is 8.45. The molecule has 7 nitrogen and oxygen atoms in total. The normalized spacial score (nSPS) is 15.3. The summed E-state index contributed by atoms with van der Waals surface area (Å²) < 4.78 is 5.40. The molecule has 0 radical (unpaired) electrons. The van der Waals surface area contributed by atoms with Crippen molar-refractivity contribution in [3.05, 3.63) is 30.6 Å². The molecule has 1 saturated carbocycles. The molecule has 7 heteroatoms. The van der Waals surface area contributed by atoms with Crippen molar-refractivity contribution in [3.63, 3.8) is 0 Å². The molecule has 0 aliphatic heterocycles. The second-order valence-electron chi connectivity index (χ2n) is 6.45. The average molecular weight is 339 g/mol. The van der Waals surface area contributed by atoms with Gasteiger partial charge in [0.1, 0.15) is 11.5 Å². The van der Waals surface area contributed by atoms with E-state index in [0.29, 0.717) is 18.5 Å². The zero-order chi connectivity index (χ0) is 17.4. The summed E-state index contributed by atoms with van der Waals surface area (Å²) in [7, 11) is 1.61. The van der Waals surface area contributed by atoms with Gasteiger partial charge in [0.05, 0.1) is 24.1 Å². The maximum atomic E-state index is 9.81. The van der Waals surface area contributed by atoms with Gasteiger partial charge in [-0.1, -0.05) is 0 Å². The number of hydrogen-bond acceptors (Lipinski definition) is 6. The molecule has 0 amide bonds. The van der Waals surface area contributed by atoms with Crippen LogP contribution in [0.3, 0.4) is 0 Å². The van der Waals surface area contributed by atoms with Crippen LogP contribution >= 0.6 is 0 Å². The van der Waals surface area contributed by atoms with Crippen LogP contribution in [0.5, 0.6) is 5.88 Å². The van der Waals surface area contributed by atoms with E-state index in [-0.39, 0.29) is 0 Å². The summed E-state index contributed by atoms with van der Waals surface area (Å²) in [6.45, 7) is 2.38. The van der Waals surface area contributed by atoms with E-state index in [1.54, 1.807) is 26.4 Å². The summed E-state index contributed by atoms with van der Waals surface area (Å²) >= 11 is 0. The summed E-state index contributed by atoms with van der Waals surface area (Å²) in [6, 6.07) is 6.28. The molecule has 3 aromatic rings. The minimum absolute atomic E-state index is 0.401. The predicted octanol–water partition coefficient (Wildman–Crippen LogP) is 2.38. The minimum atomic E-state index is -0.401. The molecule has 0 saturated heterocycles. The van der Waals surface area contributed by atoms with E-state index in [1.807, 2.05) is 18.2 Å². The molecule has 0 spiro atoms. The van der Waals surface area contributed by atoms with Crippen molar-refractivity contribution >= 4 is 16.7 Å². The lowest BCUT2D eigenvalue weighted by atomic mass is 10.1. The van der Waals surface area contributed by atoms with Crippen molar-refractivity contribution in [2.75, 3.05) is 18.6 Å². The lowest BCUT2D eigenvalue weighted by molar-refractivity contribution is 0.199. The maximum Gasteiger partial charge on any atom is 0.224 e. The molecule has 3 aromatic heterocycles. The first-order chi connectivity index (χ1) is 12.2. The topological polar surface area (TPSA) is 87.2 Å². The van der Waals surface area contributed by atoms with E-state index in [2.05, 4.69) is 25.1 Å². The highest BCUT2D eigenvalue weighted by atomic mass is 16.5. The zero-order valence-corrected chi connectivity index (χ0v) is 14.3. The molecule has 1 aliphatic rings. The molecule has 4 rings (SSSR count). The number of hydrogen-bond donors (Lipinski definition) is 2. The lowest BCUT2D eigenvalue weighted by Gasteiger charge is -2.25. The van der Waals surface area contributed by atoms with Crippen molar-refractivity contribution in [2.45, 2.75) is 31.9 Å². The SMILES string of the molecule is COc1nccc2[nH]nc(-c3ccnc(N(CC(C)O)C4CC4)c3)c12.